The average molecular weight is 254 g/mol. The Morgan fingerprint density at radius 1 is 1.11 bits per heavy atom. The van der Waals surface area contributed by atoms with Crippen molar-refractivity contribution in [2.45, 2.75) is 13.1 Å². The van der Waals surface area contributed by atoms with E-state index in [1.54, 1.807) is 0 Å². The SMILES string of the molecule is CN1C=CN(Cc2ccccc2Cn2ccnc2)C1. The van der Waals surface area contributed by atoms with E-state index in [2.05, 4.69) is 63.1 Å². The molecule has 0 bridgehead atoms. The van der Waals surface area contributed by atoms with Crippen molar-refractivity contribution < 1.29 is 0 Å². The molecular formula is C15H18N4. The predicted molar refractivity (Wildman–Crippen MR) is 75.1 cm³/mol. The summed E-state index contributed by atoms with van der Waals surface area (Å²) >= 11 is 0. The van der Waals surface area contributed by atoms with E-state index in [1.165, 1.54) is 11.1 Å². The summed E-state index contributed by atoms with van der Waals surface area (Å²) in [6.45, 7) is 2.79. The summed E-state index contributed by atoms with van der Waals surface area (Å²) in [4.78, 5) is 8.59. The van der Waals surface area contributed by atoms with Crippen molar-refractivity contribution in [2.24, 2.45) is 0 Å². The van der Waals surface area contributed by atoms with Crippen LogP contribution in [0.2, 0.25) is 0 Å². The highest BCUT2D eigenvalue weighted by atomic mass is 15.3. The minimum absolute atomic E-state index is 0.879. The molecule has 0 fully saturated rings. The molecule has 4 heteroatoms. The first-order chi connectivity index (χ1) is 9.31. The van der Waals surface area contributed by atoms with Crippen LogP contribution in [0.4, 0.5) is 0 Å². The van der Waals surface area contributed by atoms with E-state index >= 15 is 0 Å². The van der Waals surface area contributed by atoms with Crippen LogP contribution in [0.1, 0.15) is 11.1 Å². The van der Waals surface area contributed by atoms with Gasteiger partial charge >= 0.3 is 0 Å². The van der Waals surface area contributed by atoms with Crippen LogP contribution in [-0.2, 0) is 13.1 Å². The molecule has 0 saturated heterocycles. The Bertz CT molecular complexity index is 559. The van der Waals surface area contributed by atoms with Crippen molar-refractivity contribution in [1.82, 2.24) is 19.4 Å². The first kappa shape index (κ1) is 11.8. The molecule has 2 heterocycles. The molecule has 0 spiro atoms. The highest BCUT2D eigenvalue weighted by Gasteiger charge is 2.11. The fourth-order valence-corrected chi connectivity index (χ4v) is 2.35. The highest BCUT2D eigenvalue weighted by Crippen LogP contribution is 2.15. The van der Waals surface area contributed by atoms with Gasteiger partial charge in [0, 0.05) is 44.9 Å². The largest absolute Gasteiger partial charge is 0.362 e. The number of hydrogen-bond donors (Lipinski definition) is 0. The Hall–Kier alpha value is -2.23. The van der Waals surface area contributed by atoms with Crippen molar-refractivity contribution >= 4 is 0 Å². The Balaban J connectivity index is 1.76. The highest BCUT2D eigenvalue weighted by molar-refractivity contribution is 5.27. The van der Waals surface area contributed by atoms with Crippen LogP contribution in [0, 0.1) is 0 Å². The standard InChI is InChI=1S/C15H18N4/c1-17-8-9-19(13-17)11-15-5-3-2-4-14(15)10-18-7-6-16-12-18/h2-9,12H,10-11,13H2,1H3. The van der Waals surface area contributed by atoms with E-state index < -0.39 is 0 Å². The summed E-state index contributed by atoms with van der Waals surface area (Å²) < 4.78 is 2.10. The number of imidazole rings is 1. The van der Waals surface area contributed by atoms with E-state index in [1.807, 2.05) is 18.7 Å². The maximum absolute atomic E-state index is 4.10. The smallest absolute Gasteiger partial charge is 0.0949 e. The quantitative estimate of drug-likeness (QED) is 0.835. The van der Waals surface area contributed by atoms with Gasteiger partial charge in [0.05, 0.1) is 13.0 Å². The van der Waals surface area contributed by atoms with Gasteiger partial charge in [0.15, 0.2) is 0 Å². The van der Waals surface area contributed by atoms with Crippen LogP contribution in [0.15, 0.2) is 55.4 Å². The van der Waals surface area contributed by atoms with Gasteiger partial charge in [-0.25, -0.2) is 4.98 Å². The van der Waals surface area contributed by atoms with E-state index in [0.29, 0.717) is 0 Å². The van der Waals surface area contributed by atoms with Crippen LogP contribution in [-0.4, -0.2) is 33.1 Å². The van der Waals surface area contributed by atoms with Gasteiger partial charge in [-0.05, 0) is 11.1 Å². The molecule has 98 valence electrons. The zero-order valence-electron chi connectivity index (χ0n) is 11.1. The molecule has 1 aliphatic heterocycles. The van der Waals surface area contributed by atoms with Gasteiger partial charge in [0.1, 0.15) is 0 Å². The molecule has 0 atom stereocenters. The Labute approximate surface area is 113 Å². The zero-order valence-corrected chi connectivity index (χ0v) is 11.1. The summed E-state index contributed by atoms with van der Waals surface area (Å²) in [5, 5.41) is 0. The average Bonchev–Trinajstić information content (AvgIpc) is 3.04. The van der Waals surface area contributed by atoms with Crippen molar-refractivity contribution in [3.05, 3.63) is 66.5 Å². The van der Waals surface area contributed by atoms with Crippen molar-refractivity contribution in [3.63, 3.8) is 0 Å². The van der Waals surface area contributed by atoms with E-state index in [0.717, 1.165) is 19.8 Å². The molecule has 0 unspecified atom stereocenters. The van der Waals surface area contributed by atoms with Gasteiger partial charge in [0.2, 0.25) is 0 Å². The second kappa shape index (κ2) is 5.18. The molecule has 1 aliphatic rings. The summed E-state index contributed by atoms with van der Waals surface area (Å²) in [5.41, 5.74) is 2.72. The number of benzene rings is 1. The first-order valence-electron chi connectivity index (χ1n) is 6.46. The van der Waals surface area contributed by atoms with Gasteiger partial charge < -0.3 is 14.4 Å². The molecule has 0 amide bonds. The normalized spacial score (nSPS) is 14.4. The lowest BCUT2D eigenvalue weighted by Gasteiger charge is -2.20. The molecule has 19 heavy (non-hydrogen) atoms. The number of nitrogens with zero attached hydrogens (tertiary/aromatic N) is 4. The van der Waals surface area contributed by atoms with Gasteiger partial charge in [-0.1, -0.05) is 24.3 Å². The van der Waals surface area contributed by atoms with Gasteiger partial charge in [-0.3, -0.25) is 0 Å². The van der Waals surface area contributed by atoms with Crippen LogP contribution in [0.5, 0.6) is 0 Å². The molecule has 3 rings (SSSR count). The van der Waals surface area contributed by atoms with Gasteiger partial charge in [-0.15, -0.1) is 0 Å². The minimum Gasteiger partial charge on any atom is -0.362 e. The summed E-state index contributed by atoms with van der Waals surface area (Å²) in [6, 6.07) is 8.61. The second-order valence-electron chi connectivity index (χ2n) is 4.95. The van der Waals surface area contributed by atoms with Crippen molar-refractivity contribution in [3.8, 4) is 0 Å². The third kappa shape index (κ3) is 2.78. The summed E-state index contributed by atoms with van der Waals surface area (Å²) in [5.74, 6) is 0. The zero-order chi connectivity index (χ0) is 13.1. The monoisotopic (exact) mass is 254 g/mol. The second-order valence-corrected chi connectivity index (χ2v) is 4.95. The van der Waals surface area contributed by atoms with Gasteiger partial charge in [-0.2, -0.15) is 0 Å². The van der Waals surface area contributed by atoms with Crippen LogP contribution < -0.4 is 0 Å². The molecule has 0 radical (unpaired) electrons. The summed E-state index contributed by atoms with van der Waals surface area (Å²) in [6.07, 6.45) is 9.94. The molecule has 0 aliphatic carbocycles. The summed E-state index contributed by atoms with van der Waals surface area (Å²) in [7, 11) is 2.09. The molecular weight excluding hydrogens is 236 g/mol. The lowest BCUT2D eigenvalue weighted by Crippen LogP contribution is -2.22. The lowest BCUT2D eigenvalue weighted by molar-refractivity contribution is 0.290. The number of hydrogen-bond acceptors (Lipinski definition) is 3. The van der Waals surface area contributed by atoms with E-state index in [9.17, 15) is 0 Å². The van der Waals surface area contributed by atoms with Crippen LogP contribution in [0.3, 0.4) is 0 Å². The van der Waals surface area contributed by atoms with Crippen LogP contribution in [0.25, 0.3) is 0 Å². The fraction of sp³-hybridized carbons (Fsp3) is 0.267. The lowest BCUT2D eigenvalue weighted by atomic mass is 10.1. The Morgan fingerprint density at radius 2 is 1.89 bits per heavy atom. The van der Waals surface area contributed by atoms with Crippen molar-refractivity contribution in [2.75, 3.05) is 13.7 Å². The minimum atomic E-state index is 0.879. The van der Waals surface area contributed by atoms with Gasteiger partial charge in [0.25, 0.3) is 0 Å². The van der Waals surface area contributed by atoms with E-state index in [4.69, 9.17) is 0 Å². The first-order valence-corrected chi connectivity index (χ1v) is 6.46. The molecule has 1 aromatic carbocycles. The fourth-order valence-electron chi connectivity index (χ4n) is 2.35. The number of rotatable bonds is 4. The maximum Gasteiger partial charge on any atom is 0.0949 e. The predicted octanol–water partition coefficient (Wildman–Crippen LogP) is 2.11. The molecule has 1 aromatic heterocycles. The Kier molecular flexibility index (Phi) is 3.23. The Morgan fingerprint density at radius 3 is 2.53 bits per heavy atom. The third-order valence-electron chi connectivity index (χ3n) is 3.34. The number of aromatic nitrogens is 2. The van der Waals surface area contributed by atoms with Crippen molar-refractivity contribution in [1.29, 1.82) is 0 Å². The molecule has 0 saturated carbocycles. The molecule has 2 aromatic rings. The van der Waals surface area contributed by atoms with Crippen LogP contribution >= 0.6 is 0 Å². The topological polar surface area (TPSA) is 24.3 Å². The molecule has 0 N–H and O–H groups in total. The molecule has 4 nitrogen and oxygen atoms in total. The maximum atomic E-state index is 4.10. The third-order valence-corrected chi connectivity index (χ3v) is 3.34. The van der Waals surface area contributed by atoms with E-state index in [-0.39, 0.29) is 0 Å².